The smallest absolute Gasteiger partial charge is 0.270 e. The van der Waals surface area contributed by atoms with E-state index < -0.39 is 47.7 Å². The molecule has 3 aromatic rings. The molecule has 0 fully saturated rings. The molecule has 0 radical (unpaired) electrons. The summed E-state index contributed by atoms with van der Waals surface area (Å²) < 4.78 is 0. The lowest BCUT2D eigenvalue weighted by Gasteiger charge is -2.34. The third kappa shape index (κ3) is 9.86. The number of hydrogen-bond donors (Lipinski definition) is 5. The van der Waals surface area contributed by atoms with Crippen molar-refractivity contribution in [2.45, 2.75) is 71.7 Å². The number of aliphatic hydroxyl groups excluding tert-OH is 1. The Balaban J connectivity index is 1.82. The summed E-state index contributed by atoms with van der Waals surface area (Å²) >= 11 is 0. The van der Waals surface area contributed by atoms with Gasteiger partial charge in [0, 0.05) is 23.4 Å². The second-order valence-corrected chi connectivity index (χ2v) is 11.9. The molecule has 0 saturated carbocycles. The molecule has 3 atom stereocenters. The van der Waals surface area contributed by atoms with Crippen molar-refractivity contribution in [3.05, 3.63) is 78.0 Å². The van der Waals surface area contributed by atoms with E-state index in [1.807, 2.05) is 56.3 Å². The summed E-state index contributed by atoms with van der Waals surface area (Å²) in [5.41, 5.74) is 9.16. The molecule has 0 unspecified atom stereocenters. The summed E-state index contributed by atoms with van der Waals surface area (Å²) in [6.45, 7) is 9.12. The molecule has 3 rings (SSSR count). The van der Waals surface area contributed by atoms with E-state index >= 15 is 0 Å². The maximum atomic E-state index is 13.5. The first-order valence-corrected chi connectivity index (χ1v) is 14.3. The Hall–Kier alpha value is -4.35. The Morgan fingerprint density at radius 3 is 2.21 bits per heavy atom. The van der Waals surface area contributed by atoms with Gasteiger partial charge in [-0.25, -0.2) is 9.99 Å². The van der Waals surface area contributed by atoms with Crippen LogP contribution in [-0.4, -0.2) is 69.5 Å². The number of nitrogens with two attached hydrogens (primary N) is 1. The van der Waals surface area contributed by atoms with Crippen LogP contribution >= 0.6 is 0 Å². The van der Waals surface area contributed by atoms with E-state index in [0.717, 1.165) is 10.9 Å². The Labute approximate surface area is 252 Å². The van der Waals surface area contributed by atoms with E-state index in [4.69, 9.17) is 5.73 Å². The van der Waals surface area contributed by atoms with Gasteiger partial charge in [-0.05, 0) is 38.0 Å². The van der Waals surface area contributed by atoms with Crippen LogP contribution < -0.4 is 21.8 Å². The van der Waals surface area contributed by atoms with E-state index in [0.29, 0.717) is 5.52 Å². The van der Waals surface area contributed by atoms with Gasteiger partial charge in [-0.15, -0.1) is 0 Å². The highest BCUT2D eigenvalue weighted by Gasteiger charge is 2.31. The molecular weight excluding hydrogens is 548 g/mol. The molecular formula is C32H42N6O5. The SMILES string of the molecule is CC(C)N(C[C@H](O)[C@H](Cc1ccccc1)NC(=O)[C@H](CC(N)=O)NC(=O)c1ccc2ccccc2n1)NC(=O)C(C)(C)C. The predicted molar refractivity (Wildman–Crippen MR) is 164 cm³/mol. The highest BCUT2D eigenvalue weighted by atomic mass is 16.3. The fourth-order valence-corrected chi connectivity index (χ4v) is 4.28. The number of para-hydroxylation sites is 1. The summed E-state index contributed by atoms with van der Waals surface area (Å²) in [6, 6.07) is 17.5. The first-order chi connectivity index (χ1) is 20.2. The number of hydrogen-bond acceptors (Lipinski definition) is 7. The summed E-state index contributed by atoms with van der Waals surface area (Å²) in [7, 11) is 0. The predicted octanol–water partition coefficient (Wildman–Crippen LogP) is 2.08. The van der Waals surface area contributed by atoms with Gasteiger partial charge in [-0.2, -0.15) is 0 Å². The number of carbonyl (C=O) groups is 4. The zero-order valence-electron chi connectivity index (χ0n) is 25.3. The lowest BCUT2D eigenvalue weighted by Crippen LogP contribution is -2.58. The van der Waals surface area contributed by atoms with Crippen LogP contribution in [-0.2, 0) is 20.8 Å². The molecule has 0 saturated heterocycles. The molecule has 0 spiro atoms. The number of carbonyl (C=O) groups excluding carboxylic acids is 4. The minimum atomic E-state index is -1.31. The second kappa shape index (κ2) is 14.7. The van der Waals surface area contributed by atoms with Gasteiger partial charge in [-0.1, -0.05) is 75.4 Å². The van der Waals surface area contributed by atoms with Crippen molar-refractivity contribution in [1.29, 1.82) is 0 Å². The van der Waals surface area contributed by atoms with Gasteiger partial charge in [0.2, 0.25) is 17.7 Å². The number of pyridine rings is 1. The van der Waals surface area contributed by atoms with Gasteiger partial charge in [0.05, 0.1) is 24.1 Å². The number of amides is 4. The van der Waals surface area contributed by atoms with Crippen LogP contribution in [0.3, 0.4) is 0 Å². The first kappa shape index (κ1) is 33.2. The molecule has 0 aliphatic carbocycles. The molecule has 6 N–H and O–H groups in total. The molecule has 43 heavy (non-hydrogen) atoms. The zero-order valence-corrected chi connectivity index (χ0v) is 25.3. The number of hydrazine groups is 1. The maximum Gasteiger partial charge on any atom is 0.270 e. The number of primary amides is 1. The molecule has 1 aromatic heterocycles. The van der Waals surface area contributed by atoms with E-state index in [1.165, 1.54) is 6.07 Å². The normalized spacial score (nSPS) is 13.8. The Bertz CT molecular complexity index is 1420. The van der Waals surface area contributed by atoms with Gasteiger partial charge in [0.25, 0.3) is 5.91 Å². The number of aliphatic hydroxyl groups is 1. The number of nitrogens with one attached hydrogen (secondary N) is 3. The lowest BCUT2D eigenvalue weighted by molar-refractivity contribution is -0.136. The maximum absolute atomic E-state index is 13.5. The van der Waals surface area contributed by atoms with Gasteiger partial charge < -0.3 is 21.5 Å². The number of rotatable bonds is 13. The van der Waals surface area contributed by atoms with Crippen molar-refractivity contribution in [2.75, 3.05) is 6.54 Å². The summed E-state index contributed by atoms with van der Waals surface area (Å²) in [4.78, 5) is 55.6. The second-order valence-electron chi connectivity index (χ2n) is 11.9. The van der Waals surface area contributed by atoms with E-state index in [-0.39, 0.29) is 30.6 Å². The fourth-order valence-electron chi connectivity index (χ4n) is 4.28. The number of fused-ring (bicyclic) bond motifs is 1. The molecule has 230 valence electrons. The average Bonchev–Trinajstić information content (AvgIpc) is 2.95. The molecule has 1 heterocycles. The highest BCUT2D eigenvalue weighted by molar-refractivity contribution is 5.99. The molecule has 4 amide bonds. The molecule has 0 aliphatic rings. The van der Waals surface area contributed by atoms with Gasteiger partial charge in [-0.3, -0.25) is 24.6 Å². The van der Waals surface area contributed by atoms with Crippen LogP contribution in [0.4, 0.5) is 0 Å². The van der Waals surface area contributed by atoms with Crippen LogP contribution in [0.25, 0.3) is 10.9 Å². The van der Waals surface area contributed by atoms with Crippen molar-refractivity contribution in [3.8, 4) is 0 Å². The lowest BCUT2D eigenvalue weighted by atomic mass is 9.96. The largest absolute Gasteiger partial charge is 0.390 e. The topological polar surface area (TPSA) is 167 Å². The van der Waals surface area contributed by atoms with Gasteiger partial charge in [0.15, 0.2) is 0 Å². The fraction of sp³-hybridized carbons (Fsp3) is 0.406. The van der Waals surface area contributed by atoms with Crippen molar-refractivity contribution in [2.24, 2.45) is 11.1 Å². The highest BCUT2D eigenvalue weighted by Crippen LogP contribution is 2.15. The van der Waals surface area contributed by atoms with E-state index in [2.05, 4.69) is 21.0 Å². The Morgan fingerprint density at radius 1 is 0.930 bits per heavy atom. The summed E-state index contributed by atoms with van der Waals surface area (Å²) in [5, 5.41) is 19.2. The van der Waals surface area contributed by atoms with Crippen molar-refractivity contribution in [1.82, 2.24) is 26.1 Å². The van der Waals surface area contributed by atoms with Crippen molar-refractivity contribution < 1.29 is 24.3 Å². The zero-order chi connectivity index (χ0) is 31.7. The van der Waals surface area contributed by atoms with Crippen molar-refractivity contribution in [3.63, 3.8) is 0 Å². The van der Waals surface area contributed by atoms with Crippen LogP contribution in [0.2, 0.25) is 0 Å². The van der Waals surface area contributed by atoms with Crippen LogP contribution in [0.15, 0.2) is 66.7 Å². The molecule has 11 heteroatoms. The van der Waals surface area contributed by atoms with Crippen LogP contribution in [0.1, 0.15) is 57.1 Å². The van der Waals surface area contributed by atoms with Gasteiger partial charge in [0.1, 0.15) is 11.7 Å². The monoisotopic (exact) mass is 590 g/mol. The molecule has 0 bridgehead atoms. The standard InChI is InChI=1S/C32H42N6O5/c1-20(2)38(37-31(43)32(3,4)5)19-27(39)25(17-21-11-7-6-8-12-21)35-30(42)26(18-28(33)40)36-29(41)24-16-15-22-13-9-10-14-23(22)34-24/h6-16,20,25-27,39H,17-19H2,1-5H3,(H2,33,40)(H,35,42)(H,36,41)(H,37,43)/t25-,26-,27-/m0/s1. The first-order valence-electron chi connectivity index (χ1n) is 14.3. The quantitative estimate of drug-likeness (QED) is 0.190. The average molecular weight is 591 g/mol. The third-order valence-corrected chi connectivity index (χ3v) is 6.88. The number of benzene rings is 2. The van der Waals surface area contributed by atoms with E-state index in [1.54, 1.807) is 44.0 Å². The summed E-state index contributed by atoms with van der Waals surface area (Å²) in [6.07, 6.45) is -1.35. The minimum absolute atomic E-state index is 0.00508. The van der Waals surface area contributed by atoms with Crippen molar-refractivity contribution >= 4 is 34.5 Å². The Morgan fingerprint density at radius 2 is 1.58 bits per heavy atom. The van der Waals surface area contributed by atoms with E-state index in [9.17, 15) is 24.3 Å². The third-order valence-electron chi connectivity index (χ3n) is 6.88. The molecule has 0 aliphatic heterocycles. The number of aromatic nitrogens is 1. The van der Waals surface area contributed by atoms with Crippen LogP contribution in [0.5, 0.6) is 0 Å². The number of nitrogens with zero attached hydrogens (tertiary/aromatic N) is 2. The summed E-state index contributed by atoms with van der Waals surface area (Å²) in [5.74, 6) is -2.35. The molecule has 11 nitrogen and oxygen atoms in total. The Kier molecular flexibility index (Phi) is 11.3. The van der Waals surface area contributed by atoms with Gasteiger partial charge >= 0.3 is 0 Å². The minimum Gasteiger partial charge on any atom is -0.390 e. The van der Waals surface area contributed by atoms with Crippen LogP contribution in [0, 0.1) is 5.41 Å². The molecule has 2 aromatic carbocycles.